The first-order valence-electron chi connectivity index (χ1n) is 9.54. The zero-order valence-electron chi connectivity index (χ0n) is 15.8. The normalized spacial score (nSPS) is 16.4. The van der Waals surface area contributed by atoms with Gasteiger partial charge < -0.3 is 19.5 Å². The van der Waals surface area contributed by atoms with E-state index in [4.69, 9.17) is 14.2 Å². The first-order valence-corrected chi connectivity index (χ1v) is 9.54. The van der Waals surface area contributed by atoms with Crippen LogP contribution in [0.15, 0.2) is 66.7 Å². The Labute approximate surface area is 164 Å². The van der Waals surface area contributed by atoms with Gasteiger partial charge in [0.05, 0.1) is 6.54 Å². The number of carbonyl (C=O) groups is 1. The van der Waals surface area contributed by atoms with E-state index in [0.717, 1.165) is 16.5 Å². The molecule has 2 atom stereocenters. The minimum absolute atomic E-state index is 0.155. The van der Waals surface area contributed by atoms with Gasteiger partial charge in [-0.1, -0.05) is 49.4 Å². The van der Waals surface area contributed by atoms with E-state index in [9.17, 15) is 4.79 Å². The molecule has 1 amide bonds. The highest BCUT2D eigenvalue weighted by molar-refractivity contribution is 5.84. The molecule has 28 heavy (non-hydrogen) atoms. The van der Waals surface area contributed by atoms with Crippen molar-refractivity contribution in [3.8, 4) is 17.2 Å². The summed E-state index contributed by atoms with van der Waals surface area (Å²) >= 11 is 0. The zero-order valence-corrected chi connectivity index (χ0v) is 15.8. The molecule has 144 valence electrons. The summed E-state index contributed by atoms with van der Waals surface area (Å²) in [6, 6.07) is 21.5. The molecule has 3 aromatic rings. The number of benzene rings is 3. The number of nitrogens with one attached hydrogen (secondary N) is 1. The van der Waals surface area contributed by atoms with Crippen LogP contribution in [0.1, 0.15) is 13.3 Å². The summed E-state index contributed by atoms with van der Waals surface area (Å²) in [6.07, 6.45) is -0.209. The molecular weight excluding hydrogens is 354 g/mol. The van der Waals surface area contributed by atoms with Gasteiger partial charge in [0.25, 0.3) is 5.91 Å². The molecule has 0 aromatic heterocycles. The van der Waals surface area contributed by atoms with Gasteiger partial charge in [-0.25, -0.2) is 0 Å². The number of rotatable bonds is 6. The van der Waals surface area contributed by atoms with Crippen LogP contribution < -0.4 is 19.5 Å². The van der Waals surface area contributed by atoms with Crippen LogP contribution in [-0.4, -0.2) is 31.3 Å². The Morgan fingerprint density at radius 3 is 2.64 bits per heavy atom. The standard InChI is InChI=1S/C23H23NO4/c1-2-20(27-18-12-11-16-7-3-4-8-17(16)13-18)23(25)24-14-19-15-26-21-9-5-6-10-22(21)28-19/h3-13,19-20H,2,14-15H2,1H3,(H,24,25)/t19-,20-/m1/s1. The van der Waals surface area contributed by atoms with Crippen molar-refractivity contribution < 1.29 is 19.0 Å². The van der Waals surface area contributed by atoms with Crippen LogP contribution >= 0.6 is 0 Å². The molecule has 4 rings (SSSR count). The predicted octanol–water partition coefficient (Wildman–Crippen LogP) is 3.95. The van der Waals surface area contributed by atoms with E-state index in [0.29, 0.717) is 31.1 Å². The fourth-order valence-electron chi connectivity index (χ4n) is 3.22. The molecule has 0 saturated carbocycles. The first-order chi connectivity index (χ1) is 13.7. The number of fused-ring (bicyclic) bond motifs is 2. The third kappa shape index (κ3) is 4.03. The summed E-state index contributed by atoms with van der Waals surface area (Å²) in [6.45, 7) is 2.70. The molecule has 1 N–H and O–H groups in total. The topological polar surface area (TPSA) is 56.8 Å². The Morgan fingerprint density at radius 1 is 1.07 bits per heavy atom. The molecule has 0 spiro atoms. The second kappa shape index (κ2) is 8.21. The lowest BCUT2D eigenvalue weighted by Crippen LogP contribution is -2.45. The largest absolute Gasteiger partial charge is 0.486 e. The Morgan fingerprint density at radius 2 is 1.82 bits per heavy atom. The lowest BCUT2D eigenvalue weighted by molar-refractivity contribution is -0.128. The lowest BCUT2D eigenvalue weighted by Gasteiger charge is -2.27. The van der Waals surface area contributed by atoms with Gasteiger partial charge in [0.1, 0.15) is 18.5 Å². The maximum Gasteiger partial charge on any atom is 0.261 e. The van der Waals surface area contributed by atoms with Gasteiger partial charge in [-0.15, -0.1) is 0 Å². The van der Waals surface area contributed by atoms with Crippen molar-refractivity contribution in [2.75, 3.05) is 13.2 Å². The van der Waals surface area contributed by atoms with Crippen LogP contribution in [0.5, 0.6) is 17.2 Å². The molecule has 0 saturated heterocycles. The average molecular weight is 377 g/mol. The van der Waals surface area contributed by atoms with Crippen molar-refractivity contribution in [2.45, 2.75) is 25.6 Å². The number of hydrogen-bond donors (Lipinski definition) is 1. The Balaban J connectivity index is 1.35. The van der Waals surface area contributed by atoms with Crippen molar-refractivity contribution in [3.05, 3.63) is 66.7 Å². The van der Waals surface area contributed by atoms with Crippen LogP contribution in [0.2, 0.25) is 0 Å². The third-order valence-corrected chi connectivity index (χ3v) is 4.73. The van der Waals surface area contributed by atoms with Crippen LogP contribution in [0.25, 0.3) is 10.8 Å². The van der Waals surface area contributed by atoms with Gasteiger partial charge in [-0.3, -0.25) is 4.79 Å². The monoisotopic (exact) mass is 377 g/mol. The second-order valence-corrected chi connectivity index (χ2v) is 6.77. The smallest absolute Gasteiger partial charge is 0.261 e. The maximum absolute atomic E-state index is 12.6. The SMILES string of the molecule is CC[C@@H](Oc1ccc2ccccc2c1)C(=O)NC[C@@H]1COc2ccccc2O1. The Kier molecular flexibility index (Phi) is 5.33. The van der Waals surface area contributed by atoms with Gasteiger partial charge >= 0.3 is 0 Å². The maximum atomic E-state index is 12.6. The van der Waals surface area contributed by atoms with E-state index in [1.165, 1.54) is 0 Å². The highest BCUT2D eigenvalue weighted by Crippen LogP contribution is 2.30. The lowest BCUT2D eigenvalue weighted by atomic mass is 10.1. The summed E-state index contributed by atoms with van der Waals surface area (Å²) < 4.78 is 17.5. The molecular formula is C23H23NO4. The first kappa shape index (κ1) is 18.2. The molecule has 0 aliphatic carbocycles. The quantitative estimate of drug-likeness (QED) is 0.707. The van der Waals surface area contributed by atoms with Crippen molar-refractivity contribution in [1.29, 1.82) is 0 Å². The number of amides is 1. The highest BCUT2D eigenvalue weighted by atomic mass is 16.6. The zero-order chi connectivity index (χ0) is 19.3. The molecule has 1 heterocycles. The van der Waals surface area contributed by atoms with Crippen LogP contribution in [0, 0.1) is 0 Å². The molecule has 0 bridgehead atoms. The van der Waals surface area contributed by atoms with E-state index in [1.54, 1.807) is 0 Å². The van der Waals surface area contributed by atoms with Gasteiger partial charge in [0.15, 0.2) is 17.6 Å². The van der Waals surface area contributed by atoms with E-state index >= 15 is 0 Å². The Bertz CT molecular complexity index is 971. The summed E-state index contributed by atoms with van der Waals surface area (Å²) in [5.41, 5.74) is 0. The van der Waals surface area contributed by atoms with E-state index in [2.05, 4.69) is 5.32 Å². The van der Waals surface area contributed by atoms with Crippen molar-refractivity contribution >= 4 is 16.7 Å². The average Bonchev–Trinajstić information content (AvgIpc) is 2.75. The molecule has 0 fully saturated rings. The molecule has 1 aliphatic heterocycles. The molecule has 3 aromatic carbocycles. The number of carbonyl (C=O) groups excluding carboxylic acids is 1. The summed E-state index contributed by atoms with van der Waals surface area (Å²) in [7, 11) is 0. The van der Waals surface area contributed by atoms with Crippen molar-refractivity contribution in [1.82, 2.24) is 5.32 Å². The second-order valence-electron chi connectivity index (χ2n) is 6.77. The van der Waals surface area contributed by atoms with E-state index in [1.807, 2.05) is 73.7 Å². The minimum Gasteiger partial charge on any atom is -0.486 e. The summed E-state index contributed by atoms with van der Waals surface area (Å²) in [4.78, 5) is 12.6. The highest BCUT2D eigenvalue weighted by Gasteiger charge is 2.24. The fraction of sp³-hybridized carbons (Fsp3) is 0.261. The molecule has 1 aliphatic rings. The molecule has 0 radical (unpaired) electrons. The van der Waals surface area contributed by atoms with Crippen LogP contribution in [-0.2, 0) is 4.79 Å². The van der Waals surface area contributed by atoms with Crippen molar-refractivity contribution in [3.63, 3.8) is 0 Å². The number of para-hydroxylation sites is 2. The minimum atomic E-state index is -0.557. The van der Waals surface area contributed by atoms with Crippen molar-refractivity contribution in [2.24, 2.45) is 0 Å². The van der Waals surface area contributed by atoms with Crippen LogP contribution in [0.4, 0.5) is 0 Å². The molecule has 0 unspecified atom stereocenters. The van der Waals surface area contributed by atoms with Gasteiger partial charge in [0.2, 0.25) is 0 Å². The molecule has 5 nitrogen and oxygen atoms in total. The summed E-state index contributed by atoms with van der Waals surface area (Å²) in [5, 5.41) is 5.15. The van der Waals surface area contributed by atoms with E-state index in [-0.39, 0.29) is 12.0 Å². The van der Waals surface area contributed by atoms with Gasteiger partial charge in [-0.05, 0) is 41.5 Å². The van der Waals surface area contributed by atoms with Crippen LogP contribution in [0.3, 0.4) is 0 Å². The number of ether oxygens (including phenoxy) is 3. The van der Waals surface area contributed by atoms with Gasteiger partial charge in [0, 0.05) is 0 Å². The third-order valence-electron chi connectivity index (χ3n) is 4.73. The predicted molar refractivity (Wildman–Crippen MR) is 108 cm³/mol. The Hall–Kier alpha value is -3.21. The van der Waals surface area contributed by atoms with Gasteiger partial charge in [-0.2, -0.15) is 0 Å². The van der Waals surface area contributed by atoms with E-state index < -0.39 is 6.10 Å². The summed E-state index contributed by atoms with van der Waals surface area (Å²) in [5.74, 6) is 1.97. The molecule has 5 heteroatoms. The fourth-order valence-corrected chi connectivity index (χ4v) is 3.22. The number of hydrogen-bond acceptors (Lipinski definition) is 4.